The first-order valence-electron chi connectivity index (χ1n) is 8.35. The molecule has 2 aliphatic heterocycles. The van der Waals surface area contributed by atoms with Crippen LogP contribution in [0.5, 0.6) is 0 Å². The van der Waals surface area contributed by atoms with E-state index in [1.807, 2.05) is 6.20 Å². The molecule has 0 saturated carbocycles. The number of fused-ring (bicyclic) bond motifs is 1. The van der Waals surface area contributed by atoms with Gasteiger partial charge in [-0.1, -0.05) is 0 Å². The Morgan fingerprint density at radius 1 is 1.26 bits per heavy atom. The first-order valence-corrected chi connectivity index (χ1v) is 8.35. The second kappa shape index (κ2) is 6.07. The number of nitrogens with one attached hydrogen (secondary N) is 2. The molecule has 2 saturated heterocycles. The minimum atomic E-state index is -0.311. The van der Waals surface area contributed by atoms with Gasteiger partial charge < -0.3 is 19.8 Å². The molecule has 0 atom stereocenters. The zero-order chi connectivity index (χ0) is 15.7. The van der Waals surface area contributed by atoms with Crippen LogP contribution in [0.15, 0.2) is 12.5 Å². The normalized spacial score (nSPS) is 21.3. The van der Waals surface area contributed by atoms with Gasteiger partial charge in [-0.05, 0) is 12.5 Å². The van der Waals surface area contributed by atoms with E-state index in [2.05, 4.69) is 32.1 Å². The Morgan fingerprint density at radius 3 is 2.78 bits per heavy atom. The monoisotopic (exact) mass is 317 g/mol. The number of anilines is 1. The maximum absolute atomic E-state index is 5.80. The van der Waals surface area contributed by atoms with Crippen LogP contribution in [0.1, 0.15) is 25.3 Å². The highest BCUT2D eigenvalue weighted by molar-refractivity contribution is 5.90. The van der Waals surface area contributed by atoms with Crippen molar-refractivity contribution >= 4 is 16.9 Å². The highest BCUT2D eigenvalue weighted by atomic mass is 16.7. The molecule has 1 spiro atoms. The van der Waals surface area contributed by atoms with Crippen molar-refractivity contribution in [3.63, 3.8) is 0 Å². The van der Waals surface area contributed by atoms with E-state index in [9.17, 15) is 0 Å². The molecule has 2 fully saturated rings. The molecular formula is C16H23N5O2. The molecule has 0 bridgehead atoms. The van der Waals surface area contributed by atoms with Gasteiger partial charge in [0, 0.05) is 45.2 Å². The predicted octanol–water partition coefficient (Wildman–Crippen LogP) is 1.73. The van der Waals surface area contributed by atoms with E-state index in [4.69, 9.17) is 9.47 Å². The van der Waals surface area contributed by atoms with Gasteiger partial charge in [-0.3, -0.25) is 4.90 Å². The average molecular weight is 317 g/mol. The molecule has 0 aromatic carbocycles. The van der Waals surface area contributed by atoms with E-state index < -0.39 is 0 Å². The predicted molar refractivity (Wildman–Crippen MR) is 87.2 cm³/mol. The number of H-pyrrole nitrogens is 1. The number of nitrogens with zero attached hydrogens (tertiary/aromatic N) is 3. The van der Waals surface area contributed by atoms with Crippen LogP contribution in [-0.2, 0) is 16.0 Å². The van der Waals surface area contributed by atoms with Crippen molar-refractivity contribution in [1.82, 2.24) is 19.9 Å². The van der Waals surface area contributed by atoms with Gasteiger partial charge in [0.25, 0.3) is 0 Å². The van der Waals surface area contributed by atoms with Crippen LogP contribution in [-0.4, -0.2) is 58.5 Å². The first-order chi connectivity index (χ1) is 11.3. The van der Waals surface area contributed by atoms with Crippen LogP contribution in [0.4, 0.5) is 5.82 Å². The topological polar surface area (TPSA) is 75.3 Å². The molecule has 7 nitrogen and oxygen atoms in total. The van der Waals surface area contributed by atoms with Crippen LogP contribution >= 0.6 is 0 Å². The molecule has 7 heteroatoms. The molecule has 23 heavy (non-hydrogen) atoms. The van der Waals surface area contributed by atoms with Gasteiger partial charge >= 0.3 is 0 Å². The van der Waals surface area contributed by atoms with Crippen molar-refractivity contribution < 1.29 is 9.47 Å². The van der Waals surface area contributed by atoms with Gasteiger partial charge in [-0.25, -0.2) is 9.97 Å². The summed E-state index contributed by atoms with van der Waals surface area (Å²) in [4.78, 5) is 14.4. The minimum Gasteiger partial charge on any atom is -0.370 e. The molecule has 0 unspecified atom stereocenters. The van der Waals surface area contributed by atoms with Crippen molar-refractivity contribution in [3.8, 4) is 0 Å². The zero-order valence-corrected chi connectivity index (χ0v) is 13.5. The van der Waals surface area contributed by atoms with Crippen molar-refractivity contribution in [2.24, 2.45) is 0 Å². The van der Waals surface area contributed by atoms with Crippen LogP contribution < -0.4 is 5.32 Å². The molecular weight excluding hydrogens is 294 g/mol. The Bertz CT molecular complexity index is 670. The molecule has 4 heterocycles. The zero-order valence-electron chi connectivity index (χ0n) is 13.5. The van der Waals surface area contributed by atoms with Crippen molar-refractivity contribution in [2.45, 2.75) is 32.1 Å². The van der Waals surface area contributed by atoms with Gasteiger partial charge in [0.05, 0.1) is 18.6 Å². The lowest BCUT2D eigenvalue weighted by Crippen LogP contribution is -2.44. The van der Waals surface area contributed by atoms with Crippen molar-refractivity contribution in [2.75, 3.05) is 38.2 Å². The molecule has 2 aromatic heterocycles. The summed E-state index contributed by atoms with van der Waals surface area (Å²) in [6, 6.07) is 0. The SMILES string of the molecule is CCNc1ncnc2[nH]cc(CN3CCC4(CC3)OCCO4)c12. The van der Waals surface area contributed by atoms with Gasteiger partial charge in [-0.2, -0.15) is 0 Å². The lowest BCUT2D eigenvalue weighted by molar-refractivity contribution is -0.185. The van der Waals surface area contributed by atoms with E-state index in [-0.39, 0.29) is 5.79 Å². The molecule has 4 rings (SSSR count). The number of rotatable bonds is 4. The van der Waals surface area contributed by atoms with Crippen LogP contribution in [0.3, 0.4) is 0 Å². The number of hydrogen-bond donors (Lipinski definition) is 2. The summed E-state index contributed by atoms with van der Waals surface area (Å²) in [5.41, 5.74) is 2.13. The highest BCUT2D eigenvalue weighted by Crippen LogP contribution is 2.32. The van der Waals surface area contributed by atoms with E-state index in [1.165, 1.54) is 5.56 Å². The molecule has 2 N–H and O–H groups in total. The van der Waals surface area contributed by atoms with Crippen LogP contribution in [0, 0.1) is 0 Å². The molecule has 2 aliphatic rings. The number of hydrogen-bond acceptors (Lipinski definition) is 6. The van der Waals surface area contributed by atoms with E-state index in [0.717, 1.165) is 69.1 Å². The molecule has 2 aromatic rings. The average Bonchev–Trinajstić information content (AvgIpc) is 3.19. The Morgan fingerprint density at radius 2 is 2.04 bits per heavy atom. The van der Waals surface area contributed by atoms with E-state index in [0.29, 0.717) is 0 Å². The number of piperidine rings is 1. The maximum Gasteiger partial charge on any atom is 0.170 e. The third-order valence-electron chi connectivity index (χ3n) is 4.72. The van der Waals surface area contributed by atoms with Gasteiger partial charge in [0.1, 0.15) is 17.8 Å². The first kappa shape index (κ1) is 14.9. The molecule has 0 radical (unpaired) electrons. The third-order valence-corrected chi connectivity index (χ3v) is 4.72. The quantitative estimate of drug-likeness (QED) is 0.894. The number of aromatic nitrogens is 3. The largest absolute Gasteiger partial charge is 0.370 e. The Kier molecular flexibility index (Phi) is 3.92. The van der Waals surface area contributed by atoms with Gasteiger partial charge in [0.15, 0.2) is 5.79 Å². The minimum absolute atomic E-state index is 0.311. The highest BCUT2D eigenvalue weighted by Gasteiger charge is 2.39. The van der Waals surface area contributed by atoms with Gasteiger partial charge in [-0.15, -0.1) is 0 Å². The summed E-state index contributed by atoms with van der Waals surface area (Å²) in [5, 5.41) is 4.42. The Labute approximate surface area is 135 Å². The smallest absolute Gasteiger partial charge is 0.170 e. The summed E-state index contributed by atoms with van der Waals surface area (Å²) < 4.78 is 11.6. The number of ether oxygens (including phenoxy) is 2. The van der Waals surface area contributed by atoms with Crippen molar-refractivity contribution in [3.05, 3.63) is 18.1 Å². The van der Waals surface area contributed by atoms with Gasteiger partial charge in [0.2, 0.25) is 0 Å². The second-order valence-electron chi connectivity index (χ2n) is 6.17. The molecule has 0 amide bonds. The third kappa shape index (κ3) is 2.80. The lowest BCUT2D eigenvalue weighted by Gasteiger charge is -2.37. The maximum atomic E-state index is 5.80. The fourth-order valence-corrected chi connectivity index (χ4v) is 3.53. The number of likely N-dealkylation sites (tertiary alicyclic amines) is 1. The standard InChI is InChI=1S/C16H23N5O2/c1-2-17-14-13-12(9-18-15(13)20-11-19-14)10-21-5-3-16(4-6-21)22-7-8-23-16/h9,11H,2-8,10H2,1H3,(H2,17,18,19,20). The fourth-order valence-electron chi connectivity index (χ4n) is 3.53. The summed E-state index contributed by atoms with van der Waals surface area (Å²) in [5.74, 6) is 0.596. The fraction of sp³-hybridized carbons (Fsp3) is 0.625. The summed E-state index contributed by atoms with van der Waals surface area (Å²) in [6.07, 6.45) is 5.52. The summed E-state index contributed by atoms with van der Waals surface area (Å²) in [6.45, 7) is 7.23. The Balaban J connectivity index is 1.50. The van der Waals surface area contributed by atoms with E-state index >= 15 is 0 Å². The molecule has 0 aliphatic carbocycles. The van der Waals surface area contributed by atoms with Crippen LogP contribution in [0.2, 0.25) is 0 Å². The summed E-state index contributed by atoms with van der Waals surface area (Å²) in [7, 11) is 0. The Hall–Kier alpha value is -1.70. The second-order valence-corrected chi connectivity index (χ2v) is 6.17. The van der Waals surface area contributed by atoms with E-state index in [1.54, 1.807) is 6.33 Å². The van der Waals surface area contributed by atoms with Crippen LogP contribution in [0.25, 0.3) is 11.0 Å². The molecule has 124 valence electrons. The lowest BCUT2D eigenvalue weighted by atomic mass is 10.0. The number of aromatic amines is 1. The summed E-state index contributed by atoms with van der Waals surface area (Å²) >= 11 is 0. The van der Waals surface area contributed by atoms with Crippen molar-refractivity contribution in [1.29, 1.82) is 0 Å².